The van der Waals surface area contributed by atoms with Crippen molar-refractivity contribution in [3.05, 3.63) is 18.1 Å². The summed E-state index contributed by atoms with van der Waals surface area (Å²) in [6.45, 7) is 4.44. The molecule has 3 atom stereocenters. The molecule has 19 heavy (non-hydrogen) atoms. The number of anilines is 1. The van der Waals surface area contributed by atoms with E-state index in [9.17, 15) is 4.79 Å². The first-order chi connectivity index (χ1) is 9.11. The molecule has 6 heteroatoms. The van der Waals surface area contributed by atoms with Gasteiger partial charge in [0.1, 0.15) is 5.69 Å². The van der Waals surface area contributed by atoms with Gasteiger partial charge in [0.15, 0.2) is 5.82 Å². The zero-order chi connectivity index (χ0) is 13.8. The van der Waals surface area contributed by atoms with E-state index in [2.05, 4.69) is 34.6 Å². The van der Waals surface area contributed by atoms with Crippen LogP contribution in [-0.4, -0.2) is 21.9 Å². The molecule has 1 heterocycles. The van der Waals surface area contributed by atoms with Crippen LogP contribution in [0.1, 0.15) is 43.6 Å². The van der Waals surface area contributed by atoms with E-state index >= 15 is 0 Å². The summed E-state index contributed by atoms with van der Waals surface area (Å²) in [6.07, 6.45) is 6.32. The van der Waals surface area contributed by atoms with E-state index in [0.29, 0.717) is 23.3 Å². The van der Waals surface area contributed by atoms with E-state index in [1.54, 1.807) is 0 Å². The summed E-state index contributed by atoms with van der Waals surface area (Å²) in [5.41, 5.74) is 2.71. The van der Waals surface area contributed by atoms with Gasteiger partial charge in [-0.1, -0.05) is 26.7 Å². The smallest absolute Gasteiger partial charge is 0.271 e. The molecule has 1 aliphatic rings. The van der Waals surface area contributed by atoms with Crippen molar-refractivity contribution in [1.82, 2.24) is 15.3 Å². The average molecular weight is 263 g/mol. The summed E-state index contributed by atoms with van der Waals surface area (Å²) in [6, 6.07) is 0.227. The predicted molar refractivity (Wildman–Crippen MR) is 73.3 cm³/mol. The number of amides is 1. The van der Waals surface area contributed by atoms with Crippen LogP contribution in [0.15, 0.2) is 12.4 Å². The number of hydrazine groups is 1. The van der Waals surface area contributed by atoms with Gasteiger partial charge in [0.2, 0.25) is 0 Å². The Labute approximate surface area is 113 Å². The molecule has 1 aromatic heterocycles. The van der Waals surface area contributed by atoms with Gasteiger partial charge in [-0.2, -0.15) is 0 Å². The number of nitrogens with one attached hydrogen (secondary N) is 2. The number of nitrogen functional groups attached to an aromatic ring is 1. The largest absolute Gasteiger partial charge is 0.348 e. The monoisotopic (exact) mass is 263 g/mol. The number of aromatic nitrogens is 2. The summed E-state index contributed by atoms with van der Waals surface area (Å²) in [5, 5.41) is 3.06. The molecule has 104 valence electrons. The number of carbonyl (C=O) groups excluding carboxylic acids is 1. The van der Waals surface area contributed by atoms with Gasteiger partial charge >= 0.3 is 0 Å². The summed E-state index contributed by atoms with van der Waals surface area (Å²) in [4.78, 5) is 20.1. The second-order valence-electron chi connectivity index (χ2n) is 5.28. The third-order valence-electron chi connectivity index (χ3n) is 4.06. The van der Waals surface area contributed by atoms with Crippen molar-refractivity contribution < 1.29 is 4.79 Å². The Bertz CT molecular complexity index is 433. The summed E-state index contributed by atoms with van der Waals surface area (Å²) in [5.74, 6) is 6.63. The molecule has 1 aromatic rings. The van der Waals surface area contributed by atoms with Crippen LogP contribution in [0.4, 0.5) is 5.82 Å². The zero-order valence-corrected chi connectivity index (χ0v) is 11.4. The molecule has 3 unspecified atom stereocenters. The number of carbonyl (C=O) groups is 1. The van der Waals surface area contributed by atoms with Gasteiger partial charge in [0.05, 0.1) is 12.4 Å². The highest BCUT2D eigenvalue weighted by molar-refractivity contribution is 5.92. The Hall–Kier alpha value is -1.69. The summed E-state index contributed by atoms with van der Waals surface area (Å²) < 4.78 is 0. The average Bonchev–Trinajstić information content (AvgIpc) is 2.44. The lowest BCUT2D eigenvalue weighted by molar-refractivity contribution is 0.0885. The van der Waals surface area contributed by atoms with Crippen molar-refractivity contribution in [2.45, 2.75) is 39.2 Å². The fraction of sp³-hybridized carbons (Fsp3) is 0.615. The van der Waals surface area contributed by atoms with Crippen LogP contribution in [0.5, 0.6) is 0 Å². The van der Waals surface area contributed by atoms with E-state index in [0.717, 1.165) is 12.8 Å². The molecule has 1 aliphatic carbocycles. The summed E-state index contributed by atoms with van der Waals surface area (Å²) in [7, 11) is 0. The molecule has 0 aromatic carbocycles. The van der Waals surface area contributed by atoms with Crippen molar-refractivity contribution in [1.29, 1.82) is 0 Å². The topological polar surface area (TPSA) is 92.9 Å². The number of hydrogen-bond acceptors (Lipinski definition) is 5. The van der Waals surface area contributed by atoms with Gasteiger partial charge in [0.25, 0.3) is 5.91 Å². The van der Waals surface area contributed by atoms with Crippen LogP contribution in [0, 0.1) is 11.8 Å². The molecular formula is C13H21N5O. The minimum atomic E-state index is -0.165. The van der Waals surface area contributed by atoms with Gasteiger partial charge in [-0.05, 0) is 18.3 Å². The molecule has 0 spiro atoms. The van der Waals surface area contributed by atoms with Gasteiger partial charge in [-0.15, -0.1) is 0 Å². The lowest BCUT2D eigenvalue weighted by atomic mass is 9.78. The van der Waals surface area contributed by atoms with Crippen LogP contribution < -0.4 is 16.6 Å². The van der Waals surface area contributed by atoms with Crippen molar-refractivity contribution >= 4 is 11.7 Å². The van der Waals surface area contributed by atoms with Crippen LogP contribution in [0.2, 0.25) is 0 Å². The molecule has 0 radical (unpaired) electrons. The fourth-order valence-electron chi connectivity index (χ4n) is 2.55. The van der Waals surface area contributed by atoms with Crippen molar-refractivity contribution in [2.75, 3.05) is 5.43 Å². The van der Waals surface area contributed by atoms with E-state index in [1.807, 2.05) is 0 Å². The molecule has 1 saturated carbocycles. The predicted octanol–water partition coefficient (Wildman–Crippen LogP) is 1.32. The van der Waals surface area contributed by atoms with Gasteiger partial charge in [-0.25, -0.2) is 15.8 Å². The maximum atomic E-state index is 12.1. The number of nitrogens with two attached hydrogens (primary N) is 1. The van der Waals surface area contributed by atoms with Gasteiger partial charge in [0, 0.05) is 6.04 Å². The normalized spacial score (nSPS) is 26.8. The Morgan fingerprint density at radius 3 is 2.74 bits per heavy atom. The molecule has 0 saturated heterocycles. The molecular weight excluding hydrogens is 242 g/mol. The molecule has 6 nitrogen and oxygen atoms in total. The van der Waals surface area contributed by atoms with Crippen molar-refractivity contribution in [2.24, 2.45) is 17.7 Å². The SMILES string of the molecule is CC1CCCC(NC(=O)c2cnc(NN)cn2)C1C. The quantitative estimate of drug-likeness (QED) is 0.565. The highest BCUT2D eigenvalue weighted by Gasteiger charge is 2.28. The molecule has 0 bridgehead atoms. The standard InChI is InChI=1S/C13H21N5O/c1-8-4-3-5-10(9(8)2)17-13(19)11-6-16-12(18-14)7-15-11/h6-10H,3-5,14H2,1-2H3,(H,16,18)(H,17,19). The maximum absolute atomic E-state index is 12.1. The Kier molecular flexibility index (Phi) is 4.31. The number of nitrogens with zero attached hydrogens (tertiary/aromatic N) is 2. The lowest BCUT2D eigenvalue weighted by Gasteiger charge is -2.34. The van der Waals surface area contributed by atoms with E-state index < -0.39 is 0 Å². The number of hydrogen-bond donors (Lipinski definition) is 3. The molecule has 4 N–H and O–H groups in total. The number of rotatable bonds is 3. The summed E-state index contributed by atoms with van der Waals surface area (Å²) >= 11 is 0. The minimum absolute atomic E-state index is 0.165. The Morgan fingerprint density at radius 2 is 2.11 bits per heavy atom. The molecule has 1 fully saturated rings. The second-order valence-corrected chi connectivity index (χ2v) is 5.28. The molecule has 0 aliphatic heterocycles. The van der Waals surface area contributed by atoms with Gasteiger partial charge in [-0.3, -0.25) is 4.79 Å². The Balaban J connectivity index is 1.99. The van der Waals surface area contributed by atoms with Crippen LogP contribution in [0.3, 0.4) is 0 Å². The molecule has 1 amide bonds. The van der Waals surface area contributed by atoms with Crippen LogP contribution >= 0.6 is 0 Å². The molecule has 2 rings (SSSR count). The second kappa shape index (κ2) is 5.97. The van der Waals surface area contributed by atoms with E-state index in [1.165, 1.54) is 18.8 Å². The van der Waals surface area contributed by atoms with Crippen LogP contribution in [0.25, 0.3) is 0 Å². The van der Waals surface area contributed by atoms with Crippen LogP contribution in [-0.2, 0) is 0 Å². The highest BCUT2D eigenvalue weighted by atomic mass is 16.1. The van der Waals surface area contributed by atoms with Crippen molar-refractivity contribution in [3.63, 3.8) is 0 Å². The maximum Gasteiger partial charge on any atom is 0.271 e. The van der Waals surface area contributed by atoms with Crippen molar-refractivity contribution in [3.8, 4) is 0 Å². The Morgan fingerprint density at radius 1 is 1.32 bits per heavy atom. The third-order valence-corrected chi connectivity index (χ3v) is 4.06. The third kappa shape index (κ3) is 3.20. The first kappa shape index (κ1) is 13.7. The van der Waals surface area contributed by atoms with Gasteiger partial charge < -0.3 is 10.7 Å². The first-order valence-electron chi connectivity index (χ1n) is 6.71. The fourth-order valence-corrected chi connectivity index (χ4v) is 2.55. The van der Waals surface area contributed by atoms with E-state index in [4.69, 9.17) is 5.84 Å². The first-order valence-corrected chi connectivity index (χ1v) is 6.71. The highest BCUT2D eigenvalue weighted by Crippen LogP contribution is 2.29. The van der Waals surface area contributed by atoms with E-state index in [-0.39, 0.29) is 11.9 Å². The minimum Gasteiger partial charge on any atom is -0.348 e. The zero-order valence-electron chi connectivity index (χ0n) is 11.4. The lowest BCUT2D eigenvalue weighted by Crippen LogP contribution is -2.43.